The molecule has 134 valence electrons. The number of benzene rings is 2. The highest BCUT2D eigenvalue weighted by molar-refractivity contribution is 6.05. The molecular formula is C21H20FNO3. The zero-order chi connectivity index (χ0) is 18.7. The van der Waals surface area contributed by atoms with Gasteiger partial charge in [-0.25, -0.2) is 4.39 Å². The standard InChI is InChI=1S/C21H20FNO3/c1-13(22)11-12-23-21(25)17-10-6-9-16-18(24)14(2)19(26-20(16)17)15-7-4-3-5-8-15/h3-10,13H,11-12H2,1-2H3,(H,23,25). The van der Waals surface area contributed by atoms with Crippen LogP contribution >= 0.6 is 0 Å². The number of nitrogens with one attached hydrogen (secondary N) is 1. The molecule has 0 aliphatic carbocycles. The first-order valence-corrected chi connectivity index (χ1v) is 8.53. The molecule has 0 saturated heterocycles. The minimum Gasteiger partial charge on any atom is -0.455 e. The van der Waals surface area contributed by atoms with Crippen molar-refractivity contribution >= 4 is 16.9 Å². The summed E-state index contributed by atoms with van der Waals surface area (Å²) in [7, 11) is 0. The molecule has 3 rings (SSSR count). The van der Waals surface area contributed by atoms with Crippen molar-refractivity contribution in [1.82, 2.24) is 5.32 Å². The van der Waals surface area contributed by atoms with E-state index in [1.807, 2.05) is 30.3 Å². The third-order valence-electron chi connectivity index (χ3n) is 4.25. The van der Waals surface area contributed by atoms with Gasteiger partial charge in [0.15, 0.2) is 11.0 Å². The quantitative estimate of drug-likeness (QED) is 0.746. The fourth-order valence-electron chi connectivity index (χ4n) is 2.83. The van der Waals surface area contributed by atoms with E-state index in [0.717, 1.165) is 5.56 Å². The van der Waals surface area contributed by atoms with Gasteiger partial charge in [-0.3, -0.25) is 9.59 Å². The second-order valence-electron chi connectivity index (χ2n) is 6.26. The fraction of sp³-hybridized carbons (Fsp3) is 0.238. The van der Waals surface area contributed by atoms with E-state index in [2.05, 4.69) is 5.32 Å². The van der Waals surface area contributed by atoms with Crippen molar-refractivity contribution in [2.24, 2.45) is 0 Å². The first kappa shape index (κ1) is 17.9. The Balaban J connectivity index is 2.10. The Kier molecular flexibility index (Phi) is 5.16. The smallest absolute Gasteiger partial charge is 0.255 e. The third kappa shape index (κ3) is 3.52. The average Bonchev–Trinajstić information content (AvgIpc) is 2.64. The summed E-state index contributed by atoms with van der Waals surface area (Å²) in [5.41, 5.74) is 1.60. The molecule has 1 N–H and O–H groups in total. The highest BCUT2D eigenvalue weighted by atomic mass is 19.1. The van der Waals surface area contributed by atoms with Crippen molar-refractivity contribution in [3.05, 3.63) is 69.9 Å². The maximum absolute atomic E-state index is 12.9. The number of fused-ring (bicyclic) bond motifs is 1. The van der Waals surface area contributed by atoms with Gasteiger partial charge in [0.1, 0.15) is 5.76 Å². The van der Waals surface area contributed by atoms with Gasteiger partial charge < -0.3 is 9.73 Å². The van der Waals surface area contributed by atoms with E-state index in [1.54, 1.807) is 25.1 Å². The molecule has 0 spiro atoms. The molecule has 1 atom stereocenters. The summed E-state index contributed by atoms with van der Waals surface area (Å²) in [5, 5.41) is 3.03. The molecule has 1 heterocycles. The van der Waals surface area contributed by atoms with Crippen LogP contribution in [0.5, 0.6) is 0 Å². The van der Waals surface area contributed by atoms with Gasteiger partial charge in [-0.15, -0.1) is 0 Å². The van der Waals surface area contributed by atoms with Crippen molar-refractivity contribution in [2.45, 2.75) is 26.4 Å². The maximum atomic E-state index is 12.9. The molecule has 1 unspecified atom stereocenters. The van der Waals surface area contributed by atoms with Crippen molar-refractivity contribution in [3.8, 4) is 11.3 Å². The number of halogens is 1. The summed E-state index contributed by atoms with van der Waals surface area (Å²) in [6.07, 6.45) is -0.762. The van der Waals surface area contributed by atoms with Gasteiger partial charge in [-0.2, -0.15) is 0 Å². The second kappa shape index (κ2) is 7.52. The average molecular weight is 353 g/mol. The number of hydrogen-bond acceptors (Lipinski definition) is 3. The Morgan fingerprint density at radius 1 is 1.15 bits per heavy atom. The Morgan fingerprint density at radius 2 is 1.88 bits per heavy atom. The lowest BCUT2D eigenvalue weighted by Crippen LogP contribution is -2.26. The number of amides is 1. The Bertz CT molecular complexity index is 993. The van der Waals surface area contributed by atoms with Crippen LogP contribution in [-0.4, -0.2) is 18.6 Å². The largest absolute Gasteiger partial charge is 0.455 e. The maximum Gasteiger partial charge on any atom is 0.255 e. The Morgan fingerprint density at radius 3 is 2.58 bits per heavy atom. The van der Waals surface area contributed by atoms with Crippen LogP contribution in [0.1, 0.15) is 29.3 Å². The van der Waals surface area contributed by atoms with Crippen molar-refractivity contribution < 1.29 is 13.6 Å². The van der Waals surface area contributed by atoms with Crippen molar-refractivity contribution in [3.63, 3.8) is 0 Å². The van der Waals surface area contributed by atoms with Crippen LogP contribution in [-0.2, 0) is 0 Å². The van der Waals surface area contributed by atoms with E-state index in [4.69, 9.17) is 4.42 Å². The molecular weight excluding hydrogens is 333 g/mol. The summed E-state index contributed by atoms with van der Waals surface area (Å²) in [6, 6.07) is 14.2. The Hall–Kier alpha value is -2.95. The topological polar surface area (TPSA) is 59.3 Å². The lowest BCUT2D eigenvalue weighted by molar-refractivity contribution is 0.0951. The highest BCUT2D eigenvalue weighted by Crippen LogP contribution is 2.27. The van der Waals surface area contributed by atoms with E-state index in [9.17, 15) is 14.0 Å². The summed E-state index contributed by atoms with van der Waals surface area (Å²) in [4.78, 5) is 25.2. The molecule has 4 nitrogen and oxygen atoms in total. The number of para-hydroxylation sites is 1. The van der Waals surface area contributed by atoms with Crippen LogP contribution in [0.25, 0.3) is 22.3 Å². The molecule has 2 aromatic carbocycles. The van der Waals surface area contributed by atoms with E-state index in [1.165, 1.54) is 6.92 Å². The van der Waals surface area contributed by atoms with Gasteiger partial charge in [-0.1, -0.05) is 36.4 Å². The zero-order valence-corrected chi connectivity index (χ0v) is 14.7. The van der Waals surface area contributed by atoms with Crippen LogP contribution in [0.2, 0.25) is 0 Å². The molecule has 0 fully saturated rings. The van der Waals surface area contributed by atoms with Crippen molar-refractivity contribution in [2.75, 3.05) is 6.54 Å². The molecule has 3 aromatic rings. The number of alkyl halides is 1. The number of carbonyl (C=O) groups is 1. The minimum atomic E-state index is -0.993. The van der Waals surface area contributed by atoms with Crippen molar-refractivity contribution in [1.29, 1.82) is 0 Å². The van der Waals surface area contributed by atoms with Crippen LogP contribution < -0.4 is 10.7 Å². The molecule has 0 aliphatic rings. The minimum absolute atomic E-state index is 0.169. The predicted molar refractivity (Wildman–Crippen MR) is 100 cm³/mol. The molecule has 26 heavy (non-hydrogen) atoms. The first-order valence-electron chi connectivity index (χ1n) is 8.53. The van der Waals surface area contributed by atoms with Gasteiger partial charge in [0, 0.05) is 17.7 Å². The summed E-state index contributed by atoms with van der Waals surface area (Å²) < 4.78 is 18.9. The van der Waals surface area contributed by atoms with Gasteiger partial charge in [0.2, 0.25) is 0 Å². The fourth-order valence-corrected chi connectivity index (χ4v) is 2.83. The SMILES string of the molecule is Cc1c(-c2ccccc2)oc2c(C(=O)NCCC(C)F)cccc2c1=O. The van der Waals surface area contributed by atoms with E-state index in [0.29, 0.717) is 16.7 Å². The lowest BCUT2D eigenvalue weighted by atomic mass is 10.0. The summed E-state index contributed by atoms with van der Waals surface area (Å²) >= 11 is 0. The first-order chi connectivity index (χ1) is 12.5. The monoisotopic (exact) mass is 353 g/mol. The second-order valence-corrected chi connectivity index (χ2v) is 6.26. The molecule has 5 heteroatoms. The zero-order valence-electron chi connectivity index (χ0n) is 14.7. The van der Waals surface area contributed by atoms with Gasteiger partial charge in [0.25, 0.3) is 5.91 Å². The molecule has 0 aliphatic heterocycles. The summed E-state index contributed by atoms with van der Waals surface area (Å²) in [5.74, 6) is 0.0583. The Labute approximate surface area is 150 Å². The number of carbonyl (C=O) groups excluding carboxylic acids is 1. The predicted octanol–water partition coefficient (Wildman–Crippen LogP) is 4.25. The van der Waals surface area contributed by atoms with E-state index >= 15 is 0 Å². The normalized spacial score (nSPS) is 12.1. The number of hydrogen-bond donors (Lipinski definition) is 1. The molecule has 0 bridgehead atoms. The molecule has 1 amide bonds. The van der Waals surface area contributed by atoms with Crippen LogP contribution in [0, 0.1) is 6.92 Å². The lowest BCUT2D eigenvalue weighted by Gasteiger charge is -2.11. The van der Waals surface area contributed by atoms with E-state index in [-0.39, 0.29) is 35.4 Å². The van der Waals surface area contributed by atoms with Gasteiger partial charge >= 0.3 is 0 Å². The molecule has 1 aromatic heterocycles. The number of rotatable bonds is 5. The van der Waals surface area contributed by atoms with Crippen LogP contribution in [0.4, 0.5) is 4.39 Å². The van der Waals surface area contributed by atoms with Crippen LogP contribution in [0.15, 0.2) is 57.7 Å². The summed E-state index contributed by atoms with van der Waals surface area (Å²) in [6.45, 7) is 3.37. The van der Waals surface area contributed by atoms with Gasteiger partial charge in [0.05, 0.1) is 17.1 Å². The van der Waals surface area contributed by atoms with Gasteiger partial charge in [-0.05, 0) is 32.4 Å². The molecule has 0 saturated carbocycles. The highest BCUT2D eigenvalue weighted by Gasteiger charge is 2.18. The van der Waals surface area contributed by atoms with Crippen LogP contribution in [0.3, 0.4) is 0 Å². The molecule has 0 radical (unpaired) electrons. The third-order valence-corrected chi connectivity index (χ3v) is 4.25. The van der Waals surface area contributed by atoms with E-state index < -0.39 is 6.17 Å².